The number of hydrogen-bond acceptors (Lipinski definition) is 4. The minimum atomic E-state index is -4.67. The number of hydrogen-bond donors (Lipinski definition) is 0. The lowest BCUT2D eigenvalue weighted by Crippen LogP contribution is -2.27. The summed E-state index contributed by atoms with van der Waals surface area (Å²) in [7, 11) is 0. The fourth-order valence-electron chi connectivity index (χ4n) is 1.86. The maximum Gasteiger partial charge on any atom is 0.422 e. The predicted molar refractivity (Wildman–Crippen MR) is 78.1 cm³/mol. The molecule has 2 aromatic carbocycles. The maximum absolute atomic E-state index is 12.2. The van der Waals surface area contributed by atoms with Gasteiger partial charge in [0.1, 0.15) is 0 Å². The fraction of sp³-hybridized carbons (Fsp3) is 0.176. The molecule has 0 aliphatic rings. The number of alkyl halides is 3. The summed E-state index contributed by atoms with van der Waals surface area (Å²) in [6.07, 6.45) is -6.25. The number of ether oxygens (including phenoxy) is 2. The lowest BCUT2D eigenvalue weighted by Gasteiger charge is -2.18. The van der Waals surface area contributed by atoms with Crippen LogP contribution in [-0.4, -0.2) is 24.7 Å². The van der Waals surface area contributed by atoms with E-state index in [2.05, 4.69) is 4.74 Å². The molecule has 4 nitrogen and oxygen atoms in total. The highest BCUT2D eigenvalue weighted by molar-refractivity contribution is 5.91. The zero-order valence-corrected chi connectivity index (χ0v) is 12.3. The topological polar surface area (TPSA) is 52.6 Å². The number of benzene rings is 2. The van der Waals surface area contributed by atoms with Crippen molar-refractivity contribution in [3.63, 3.8) is 0 Å². The molecule has 7 heteroatoms. The molecule has 126 valence electrons. The summed E-state index contributed by atoms with van der Waals surface area (Å²) < 4.78 is 46.0. The Hall–Kier alpha value is -2.83. The lowest BCUT2D eigenvalue weighted by atomic mass is 10.1. The van der Waals surface area contributed by atoms with Gasteiger partial charge in [0.15, 0.2) is 6.61 Å². The van der Waals surface area contributed by atoms with E-state index in [0.717, 1.165) is 0 Å². The molecule has 0 radical (unpaired) electrons. The first-order valence-electron chi connectivity index (χ1n) is 6.91. The lowest BCUT2D eigenvalue weighted by molar-refractivity contribution is -0.192. The predicted octanol–water partition coefficient (Wildman–Crippen LogP) is 3.69. The summed E-state index contributed by atoms with van der Waals surface area (Å²) in [4.78, 5) is 24.0. The molecule has 0 aliphatic carbocycles. The molecule has 0 amide bonds. The van der Waals surface area contributed by atoms with Gasteiger partial charge in [0, 0.05) is 5.56 Å². The van der Waals surface area contributed by atoms with Crippen LogP contribution in [0.15, 0.2) is 60.7 Å². The second kappa shape index (κ2) is 7.63. The summed E-state index contributed by atoms with van der Waals surface area (Å²) in [5, 5.41) is 0. The Labute approximate surface area is 135 Å². The van der Waals surface area contributed by atoms with Crippen LogP contribution in [0.4, 0.5) is 13.2 Å². The third-order valence-corrected chi connectivity index (χ3v) is 2.93. The molecule has 1 unspecified atom stereocenters. The summed E-state index contributed by atoms with van der Waals surface area (Å²) in [6.45, 7) is -1.75. The Morgan fingerprint density at radius 1 is 0.917 bits per heavy atom. The third kappa shape index (κ3) is 5.12. The Bertz CT molecular complexity index is 684. The molecule has 0 spiro atoms. The van der Waals surface area contributed by atoms with E-state index in [-0.39, 0.29) is 11.1 Å². The Kier molecular flexibility index (Phi) is 5.57. The Morgan fingerprint density at radius 3 is 2.00 bits per heavy atom. The van der Waals surface area contributed by atoms with Gasteiger partial charge in [0.2, 0.25) is 6.10 Å². The summed E-state index contributed by atoms with van der Waals surface area (Å²) in [5.74, 6) is -2.13. The van der Waals surface area contributed by atoms with Crippen LogP contribution in [0.1, 0.15) is 22.0 Å². The zero-order valence-electron chi connectivity index (χ0n) is 12.3. The average molecular weight is 338 g/mol. The van der Waals surface area contributed by atoms with E-state index in [1.807, 2.05) is 0 Å². The van der Waals surface area contributed by atoms with Crippen LogP contribution in [0.2, 0.25) is 0 Å². The van der Waals surface area contributed by atoms with Gasteiger partial charge in [-0.25, -0.2) is 9.59 Å². The van der Waals surface area contributed by atoms with E-state index >= 15 is 0 Å². The molecular formula is C17H13F3O4. The van der Waals surface area contributed by atoms with E-state index in [9.17, 15) is 22.8 Å². The summed E-state index contributed by atoms with van der Waals surface area (Å²) in [5.41, 5.74) is 0.385. The smallest absolute Gasteiger partial charge is 0.422 e. The van der Waals surface area contributed by atoms with Crippen molar-refractivity contribution in [2.24, 2.45) is 0 Å². The van der Waals surface area contributed by atoms with Crippen LogP contribution in [0.5, 0.6) is 0 Å². The van der Waals surface area contributed by atoms with Crippen molar-refractivity contribution >= 4 is 11.9 Å². The molecular weight excluding hydrogens is 325 g/mol. The van der Waals surface area contributed by atoms with E-state index in [1.165, 1.54) is 24.3 Å². The number of carbonyl (C=O) groups excluding carboxylic acids is 2. The molecule has 0 saturated heterocycles. The molecule has 0 aliphatic heterocycles. The standard InChI is InChI=1S/C17H13F3O4/c18-17(19,20)11-23-16(22)14(12-7-3-1-4-8-12)24-15(21)13-9-5-2-6-10-13/h1-10,14H,11H2. The van der Waals surface area contributed by atoms with Crippen molar-refractivity contribution in [2.45, 2.75) is 12.3 Å². The normalized spacial score (nSPS) is 12.3. The fourth-order valence-corrected chi connectivity index (χ4v) is 1.86. The Balaban J connectivity index is 2.17. The van der Waals surface area contributed by atoms with E-state index < -0.39 is 30.8 Å². The zero-order chi connectivity index (χ0) is 17.6. The second-order valence-electron chi connectivity index (χ2n) is 4.78. The molecule has 0 saturated carbocycles. The second-order valence-corrected chi connectivity index (χ2v) is 4.78. The van der Waals surface area contributed by atoms with Gasteiger partial charge in [-0.1, -0.05) is 48.5 Å². The van der Waals surface area contributed by atoms with Crippen molar-refractivity contribution in [3.8, 4) is 0 Å². The number of rotatable bonds is 5. The molecule has 0 aromatic heterocycles. The van der Waals surface area contributed by atoms with Crippen LogP contribution in [-0.2, 0) is 14.3 Å². The van der Waals surface area contributed by atoms with Crippen LogP contribution < -0.4 is 0 Å². The van der Waals surface area contributed by atoms with Crippen LogP contribution in [0, 0.1) is 0 Å². The van der Waals surface area contributed by atoms with Gasteiger partial charge in [-0.15, -0.1) is 0 Å². The summed E-state index contributed by atoms with van der Waals surface area (Å²) >= 11 is 0. The van der Waals surface area contributed by atoms with Crippen molar-refractivity contribution < 1.29 is 32.2 Å². The van der Waals surface area contributed by atoms with Gasteiger partial charge < -0.3 is 9.47 Å². The number of carbonyl (C=O) groups is 2. The molecule has 0 bridgehead atoms. The van der Waals surface area contributed by atoms with Gasteiger partial charge in [-0.3, -0.25) is 0 Å². The average Bonchev–Trinajstić information content (AvgIpc) is 2.58. The molecule has 0 heterocycles. The number of halogens is 3. The molecule has 24 heavy (non-hydrogen) atoms. The Morgan fingerprint density at radius 2 is 1.46 bits per heavy atom. The molecule has 0 fully saturated rings. The highest BCUT2D eigenvalue weighted by Gasteiger charge is 2.33. The van der Waals surface area contributed by atoms with Gasteiger partial charge in [0.25, 0.3) is 0 Å². The molecule has 2 aromatic rings. The van der Waals surface area contributed by atoms with Gasteiger partial charge in [-0.05, 0) is 12.1 Å². The van der Waals surface area contributed by atoms with Crippen LogP contribution in [0.25, 0.3) is 0 Å². The molecule has 1 atom stereocenters. The monoisotopic (exact) mass is 338 g/mol. The van der Waals surface area contributed by atoms with Crippen LogP contribution in [0.3, 0.4) is 0 Å². The minimum Gasteiger partial charge on any atom is -0.453 e. The number of esters is 2. The van der Waals surface area contributed by atoms with Gasteiger partial charge >= 0.3 is 18.1 Å². The highest BCUT2D eigenvalue weighted by atomic mass is 19.4. The van der Waals surface area contributed by atoms with Crippen LogP contribution >= 0.6 is 0 Å². The highest BCUT2D eigenvalue weighted by Crippen LogP contribution is 2.23. The largest absolute Gasteiger partial charge is 0.453 e. The minimum absolute atomic E-state index is 0.169. The van der Waals surface area contributed by atoms with Crippen molar-refractivity contribution in [1.29, 1.82) is 0 Å². The molecule has 2 rings (SSSR count). The first-order chi connectivity index (χ1) is 11.4. The van der Waals surface area contributed by atoms with E-state index in [1.54, 1.807) is 36.4 Å². The van der Waals surface area contributed by atoms with Crippen molar-refractivity contribution in [2.75, 3.05) is 6.61 Å². The maximum atomic E-state index is 12.2. The quantitative estimate of drug-likeness (QED) is 0.780. The van der Waals surface area contributed by atoms with Crippen molar-refractivity contribution in [3.05, 3.63) is 71.8 Å². The molecule has 0 N–H and O–H groups in total. The van der Waals surface area contributed by atoms with E-state index in [0.29, 0.717) is 0 Å². The first kappa shape index (κ1) is 17.5. The first-order valence-corrected chi connectivity index (χ1v) is 6.91. The SMILES string of the molecule is O=C(OC(C(=O)OCC(F)(F)F)c1ccccc1)c1ccccc1. The van der Waals surface area contributed by atoms with E-state index in [4.69, 9.17) is 4.74 Å². The summed E-state index contributed by atoms with van der Waals surface area (Å²) in [6, 6.07) is 15.5. The van der Waals surface area contributed by atoms with Crippen molar-refractivity contribution in [1.82, 2.24) is 0 Å². The van der Waals surface area contributed by atoms with Gasteiger partial charge in [-0.2, -0.15) is 13.2 Å². The van der Waals surface area contributed by atoms with Gasteiger partial charge in [0.05, 0.1) is 5.56 Å². The third-order valence-electron chi connectivity index (χ3n) is 2.93.